The Labute approximate surface area is 89.8 Å². The molecule has 0 aliphatic carbocycles. The molecule has 86 valence electrons. The van der Waals surface area contributed by atoms with Crippen molar-refractivity contribution in [3.05, 3.63) is 0 Å². The lowest BCUT2D eigenvalue weighted by atomic mass is 10.2. The van der Waals surface area contributed by atoms with Crippen LogP contribution in [0.3, 0.4) is 0 Å². The monoisotopic (exact) mass is 213 g/mol. The third-order valence-corrected chi connectivity index (χ3v) is 2.50. The Morgan fingerprint density at radius 2 is 2.33 bits per heavy atom. The van der Waals surface area contributed by atoms with Gasteiger partial charge in [0, 0.05) is 25.4 Å². The number of hydrogen-bond donors (Lipinski definition) is 3. The molecule has 4 N–H and O–H groups in total. The zero-order valence-electron chi connectivity index (χ0n) is 8.92. The largest absolute Gasteiger partial charge is 0.370 e. The van der Waals surface area contributed by atoms with Gasteiger partial charge in [0.15, 0.2) is 0 Å². The number of amides is 2. The predicted octanol–water partition coefficient (Wildman–Crippen LogP) is -0.490. The summed E-state index contributed by atoms with van der Waals surface area (Å²) in [5.74, 6) is -0.0893. The zero-order valence-corrected chi connectivity index (χ0v) is 8.92. The first-order chi connectivity index (χ1) is 7.18. The van der Waals surface area contributed by atoms with E-state index in [1.807, 2.05) is 0 Å². The molecule has 1 unspecified atom stereocenters. The Morgan fingerprint density at radius 1 is 1.53 bits per heavy atom. The molecule has 1 aliphatic rings. The Balaban J connectivity index is 1.89. The highest BCUT2D eigenvalue weighted by Gasteiger charge is 2.19. The first-order valence-corrected chi connectivity index (χ1v) is 5.47. The molecule has 1 aliphatic heterocycles. The van der Waals surface area contributed by atoms with Crippen LogP contribution in [0.5, 0.6) is 0 Å². The van der Waals surface area contributed by atoms with Gasteiger partial charge in [-0.1, -0.05) is 0 Å². The van der Waals surface area contributed by atoms with Crippen LogP contribution in [0.4, 0.5) is 0 Å². The van der Waals surface area contributed by atoms with Gasteiger partial charge in [-0.05, 0) is 25.8 Å². The van der Waals surface area contributed by atoms with Gasteiger partial charge >= 0.3 is 0 Å². The normalized spacial score (nSPS) is 20.3. The third-order valence-electron chi connectivity index (χ3n) is 2.50. The quantitative estimate of drug-likeness (QED) is 0.499. The van der Waals surface area contributed by atoms with Crippen LogP contribution in [-0.4, -0.2) is 30.9 Å². The number of primary amides is 1. The average Bonchev–Trinajstić information content (AvgIpc) is 2.57. The van der Waals surface area contributed by atoms with Gasteiger partial charge in [-0.2, -0.15) is 0 Å². The molecule has 1 saturated heterocycles. The maximum Gasteiger partial charge on any atom is 0.220 e. The van der Waals surface area contributed by atoms with Crippen molar-refractivity contribution in [3.63, 3.8) is 0 Å². The molecule has 5 nitrogen and oxygen atoms in total. The fourth-order valence-corrected chi connectivity index (χ4v) is 1.66. The summed E-state index contributed by atoms with van der Waals surface area (Å²) in [5.41, 5.74) is 5.02. The molecular formula is C10H19N3O2. The number of nitrogens with two attached hydrogens (primary N) is 1. The standard InChI is InChI=1S/C10H19N3O2/c11-9(14)3-1-2-6-12-7-8-4-5-10(15)13-8/h8,12H,1-7H2,(H2,11,14)(H,13,15). The number of rotatable bonds is 7. The van der Waals surface area contributed by atoms with Gasteiger partial charge in [0.25, 0.3) is 0 Å². The second kappa shape index (κ2) is 6.40. The summed E-state index contributed by atoms with van der Waals surface area (Å²) in [4.78, 5) is 21.3. The molecule has 2 amide bonds. The average molecular weight is 213 g/mol. The minimum atomic E-state index is -0.238. The minimum absolute atomic E-state index is 0.149. The van der Waals surface area contributed by atoms with E-state index < -0.39 is 0 Å². The fourth-order valence-electron chi connectivity index (χ4n) is 1.66. The summed E-state index contributed by atoms with van der Waals surface area (Å²) in [5, 5.41) is 6.14. The van der Waals surface area contributed by atoms with Crippen molar-refractivity contribution in [2.75, 3.05) is 13.1 Å². The number of hydrogen-bond acceptors (Lipinski definition) is 3. The maximum atomic E-state index is 10.9. The molecule has 1 heterocycles. The van der Waals surface area contributed by atoms with Crippen LogP contribution in [0.25, 0.3) is 0 Å². The number of nitrogens with one attached hydrogen (secondary N) is 2. The molecule has 15 heavy (non-hydrogen) atoms. The topological polar surface area (TPSA) is 84.2 Å². The fraction of sp³-hybridized carbons (Fsp3) is 0.800. The van der Waals surface area contributed by atoms with Gasteiger partial charge in [0.2, 0.25) is 11.8 Å². The van der Waals surface area contributed by atoms with Crippen molar-refractivity contribution >= 4 is 11.8 Å². The molecule has 0 radical (unpaired) electrons. The van der Waals surface area contributed by atoms with E-state index >= 15 is 0 Å². The lowest BCUT2D eigenvalue weighted by Crippen LogP contribution is -2.36. The summed E-state index contributed by atoms with van der Waals surface area (Å²) in [6.07, 6.45) is 3.81. The highest BCUT2D eigenvalue weighted by molar-refractivity contribution is 5.78. The molecule has 1 rings (SSSR count). The van der Waals surface area contributed by atoms with Crippen molar-refractivity contribution in [1.29, 1.82) is 0 Å². The Kier molecular flexibility index (Phi) is 5.10. The van der Waals surface area contributed by atoms with Crippen LogP contribution in [-0.2, 0) is 9.59 Å². The van der Waals surface area contributed by atoms with Gasteiger partial charge in [-0.3, -0.25) is 9.59 Å². The molecule has 0 aromatic carbocycles. The molecule has 0 aromatic rings. The van der Waals surface area contributed by atoms with Crippen molar-refractivity contribution in [2.24, 2.45) is 5.73 Å². The van der Waals surface area contributed by atoms with E-state index in [4.69, 9.17) is 5.73 Å². The predicted molar refractivity (Wildman–Crippen MR) is 57.1 cm³/mol. The van der Waals surface area contributed by atoms with E-state index in [0.717, 1.165) is 32.4 Å². The van der Waals surface area contributed by atoms with Crippen LogP contribution >= 0.6 is 0 Å². The second-order valence-electron chi connectivity index (χ2n) is 3.93. The molecule has 0 saturated carbocycles. The van der Waals surface area contributed by atoms with Crippen LogP contribution in [0.1, 0.15) is 32.1 Å². The summed E-state index contributed by atoms with van der Waals surface area (Å²) in [6, 6.07) is 0.286. The maximum absolute atomic E-state index is 10.9. The van der Waals surface area contributed by atoms with E-state index in [0.29, 0.717) is 12.8 Å². The number of unbranched alkanes of at least 4 members (excludes halogenated alkanes) is 1. The smallest absolute Gasteiger partial charge is 0.220 e. The molecule has 1 fully saturated rings. The van der Waals surface area contributed by atoms with Gasteiger partial charge in [0.1, 0.15) is 0 Å². The van der Waals surface area contributed by atoms with Crippen molar-refractivity contribution in [3.8, 4) is 0 Å². The lowest BCUT2D eigenvalue weighted by Gasteiger charge is -2.10. The van der Waals surface area contributed by atoms with Gasteiger partial charge in [-0.15, -0.1) is 0 Å². The molecule has 0 aromatic heterocycles. The Bertz CT molecular complexity index is 231. The molecule has 0 bridgehead atoms. The summed E-state index contributed by atoms with van der Waals surface area (Å²) >= 11 is 0. The van der Waals surface area contributed by atoms with Gasteiger partial charge in [0.05, 0.1) is 0 Å². The molecular weight excluding hydrogens is 194 g/mol. The first-order valence-electron chi connectivity index (χ1n) is 5.47. The van der Waals surface area contributed by atoms with E-state index in [9.17, 15) is 9.59 Å². The second-order valence-corrected chi connectivity index (χ2v) is 3.93. The van der Waals surface area contributed by atoms with Crippen LogP contribution in [0.15, 0.2) is 0 Å². The Morgan fingerprint density at radius 3 is 2.93 bits per heavy atom. The van der Waals surface area contributed by atoms with E-state index in [2.05, 4.69) is 10.6 Å². The minimum Gasteiger partial charge on any atom is -0.370 e. The number of carbonyl (C=O) groups is 2. The van der Waals surface area contributed by atoms with Crippen molar-refractivity contribution in [1.82, 2.24) is 10.6 Å². The highest BCUT2D eigenvalue weighted by atomic mass is 16.2. The van der Waals surface area contributed by atoms with Crippen molar-refractivity contribution in [2.45, 2.75) is 38.1 Å². The number of carbonyl (C=O) groups excluding carboxylic acids is 2. The summed E-state index contributed by atoms with van der Waals surface area (Å²) in [6.45, 7) is 1.70. The van der Waals surface area contributed by atoms with Crippen LogP contribution in [0.2, 0.25) is 0 Å². The molecule has 1 atom stereocenters. The Hall–Kier alpha value is -1.10. The van der Waals surface area contributed by atoms with E-state index in [1.54, 1.807) is 0 Å². The van der Waals surface area contributed by atoms with E-state index in [-0.39, 0.29) is 17.9 Å². The van der Waals surface area contributed by atoms with Gasteiger partial charge < -0.3 is 16.4 Å². The first kappa shape index (κ1) is 12.0. The zero-order chi connectivity index (χ0) is 11.1. The summed E-state index contributed by atoms with van der Waals surface area (Å²) in [7, 11) is 0. The lowest BCUT2D eigenvalue weighted by molar-refractivity contribution is -0.119. The van der Waals surface area contributed by atoms with Crippen LogP contribution in [0, 0.1) is 0 Å². The van der Waals surface area contributed by atoms with Crippen LogP contribution < -0.4 is 16.4 Å². The van der Waals surface area contributed by atoms with Gasteiger partial charge in [-0.25, -0.2) is 0 Å². The van der Waals surface area contributed by atoms with Crippen molar-refractivity contribution < 1.29 is 9.59 Å². The molecule has 5 heteroatoms. The molecule has 0 spiro atoms. The summed E-state index contributed by atoms with van der Waals surface area (Å²) < 4.78 is 0. The van der Waals surface area contributed by atoms with E-state index in [1.165, 1.54) is 0 Å². The third kappa shape index (κ3) is 5.37. The highest BCUT2D eigenvalue weighted by Crippen LogP contribution is 2.04. The SMILES string of the molecule is NC(=O)CCCCNCC1CCC(=O)N1.